The highest BCUT2D eigenvalue weighted by Crippen LogP contribution is 2.27. The predicted octanol–water partition coefficient (Wildman–Crippen LogP) is 4.49. The number of fused-ring (bicyclic) bond motifs is 1. The first-order valence-corrected chi connectivity index (χ1v) is 14.7. The maximum Gasteiger partial charge on any atom is 0.258 e. The number of anilines is 2. The van der Waals surface area contributed by atoms with Crippen molar-refractivity contribution in [3.8, 4) is 0 Å². The van der Waals surface area contributed by atoms with Gasteiger partial charge in [0.05, 0.1) is 24.2 Å². The molecule has 0 atom stereocenters. The summed E-state index contributed by atoms with van der Waals surface area (Å²) in [6.07, 6.45) is 2.47. The van der Waals surface area contributed by atoms with E-state index in [1.54, 1.807) is 30.1 Å². The van der Waals surface area contributed by atoms with Gasteiger partial charge in [0, 0.05) is 56.3 Å². The summed E-state index contributed by atoms with van der Waals surface area (Å²) < 4.78 is 13.1. The minimum atomic E-state index is -0.300. The molecule has 2 saturated heterocycles. The Labute approximate surface area is 250 Å². The van der Waals surface area contributed by atoms with Crippen LogP contribution in [-0.2, 0) is 27.2 Å². The molecule has 0 saturated carbocycles. The van der Waals surface area contributed by atoms with Crippen molar-refractivity contribution in [3.63, 3.8) is 0 Å². The van der Waals surface area contributed by atoms with Crippen LogP contribution in [0.5, 0.6) is 0 Å². The fourth-order valence-electron chi connectivity index (χ4n) is 5.63. The summed E-state index contributed by atoms with van der Waals surface area (Å²) >= 11 is 0. The summed E-state index contributed by atoms with van der Waals surface area (Å²) in [4.78, 5) is 47.0. The summed E-state index contributed by atoms with van der Waals surface area (Å²) in [5, 5.41) is 3.01. The molecule has 10 heteroatoms. The van der Waals surface area contributed by atoms with E-state index in [9.17, 15) is 14.4 Å². The van der Waals surface area contributed by atoms with Gasteiger partial charge in [0.15, 0.2) is 6.29 Å². The van der Waals surface area contributed by atoms with Crippen LogP contribution < -0.4 is 10.2 Å². The Morgan fingerprint density at radius 2 is 1.77 bits per heavy atom. The Hall–Kier alpha value is -4.54. The Balaban J connectivity index is 1.25. The second-order valence-electron chi connectivity index (χ2n) is 10.9. The van der Waals surface area contributed by atoms with Crippen molar-refractivity contribution in [1.29, 1.82) is 0 Å². The molecule has 0 spiro atoms. The molecule has 0 radical (unpaired) electrons. The predicted molar refractivity (Wildman–Crippen MR) is 163 cm³/mol. The number of hydrogen-bond acceptors (Lipinski definition) is 6. The van der Waals surface area contributed by atoms with E-state index in [1.165, 1.54) is 0 Å². The number of nitrogens with zero attached hydrogens (tertiary/aromatic N) is 4. The standard InChI is InChI=1S/C33H35N5O5/c1-36(32(41)24-9-3-2-4-10-24)26-13-14-28-27(22-26)34-33(38(28)17-7-16-37-15-6-12-29(37)39)35-31(40)25-11-5-8-23(20-25)21-30-42-18-19-43-30/h2-5,8-11,13-14,20,22,30H,6-7,12,15-19,21H2,1H3,(H,34,35,40). The zero-order valence-corrected chi connectivity index (χ0v) is 24.2. The molecule has 3 aromatic carbocycles. The minimum Gasteiger partial charge on any atom is -0.350 e. The molecule has 10 nitrogen and oxygen atoms in total. The van der Waals surface area contributed by atoms with Gasteiger partial charge in [-0.1, -0.05) is 30.3 Å². The molecule has 0 bridgehead atoms. The van der Waals surface area contributed by atoms with E-state index in [0.717, 1.165) is 24.0 Å². The highest BCUT2D eigenvalue weighted by molar-refractivity contribution is 6.07. The fraction of sp³-hybridized carbons (Fsp3) is 0.333. The van der Waals surface area contributed by atoms with Gasteiger partial charge in [0.1, 0.15) is 0 Å². The largest absolute Gasteiger partial charge is 0.350 e. The lowest BCUT2D eigenvalue weighted by atomic mass is 10.1. The molecule has 43 heavy (non-hydrogen) atoms. The number of benzene rings is 3. The Bertz CT molecular complexity index is 1630. The number of likely N-dealkylation sites (tertiary alicyclic amines) is 1. The van der Waals surface area contributed by atoms with E-state index in [0.29, 0.717) is 73.8 Å². The highest BCUT2D eigenvalue weighted by atomic mass is 16.7. The van der Waals surface area contributed by atoms with Crippen molar-refractivity contribution in [2.45, 2.75) is 38.5 Å². The van der Waals surface area contributed by atoms with Gasteiger partial charge in [0.25, 0.3) is 11.8 Å². The molecule has 1 N–H and O–H groups in total. The lowest BCUT2D eigenvalue weighted by Crippen LogP contribution is -2.26. The van der Waals surface area contributed by atoms with Gasteiger partial charge in [-0.15, -0.1) is 0 Å². The zero-order valence-electron chi connectivity index (χ0n) is 24.2. The van der Waals surface area contributed by atoms with E-state index in [4.69, 9.17) is 14.5 Å². The van der Waals surface area contributed by atoms with Gasteiger partial charge < -0.3 is 23.8 Å². The van der Waals surface area contributed by atoms with Crippen molar-refractivity contribution in [2.75, 3.05) is 43.6 Å². The maximum atomic E-state index is 13.4. The average Bonchev–Trinajstić information content (AvgIpc) is 3.77. The molecule has 222 valence electrons. The van der Waals surface area contributed by atoms with Crippen LogP contribution >= 0.6 is 0 Å². The molecule has 6 rings (SSSR count). The van der Waals surface area contributed by atoms with Crippen LogP contribution in [0.2, 0.25) is 0 Å². The number of carbonyl (C=O) groups excluding carboxylic acids is 3. The molecule has 2 aliphatic rings. The summed E-state index contributed by atoms with van der Waals surface area (Å²) in [5.41, 5.74) is 4.22. The van der Waals surface area contributed by atoms with E-state index in [2.05, 4.69) is 5.32 Å². The molecule has 1 aromatic heterocycles. The SMILES string of the molecule is CN(C(=O)c1ccccc1)c1ccc2c(c1)nc(NC(=O)c1cccc(CC3OCCO3)c1)n2CCCN1CCCC1=O. The van der Waals surface area contributed by atoms with Crippen LogP contribution in [0.25, 0.3) is 11.0 Å². The average molecular weight is 582 g/mol. The van der Waals surface area contributed by atoms with Crippen molar-refractivity contribution in [3.05, 3.63) is 89.5 Å². The van der Waals surface area contributed by atoms with Gasteiger partial charge >= 0.3 is 0 Å². The first-order valence-electron chi connectivity index (χ1n) is 14.7. The second kappa shape index (κ2) is 12.8. The Kier molecular flexibility index (Phi) is 8.48. The number of amides is 3. The third kappa shape index (κ3) is 6.45. The summed E-state index contributed by atoms with van der Waals surface area (Å²) in [7, 11) is 1.73. The number of aromatic nitrogens is 2. The summed E-state index contributed by atoms with van der Waals surface area (Å²) in [6.45, 7) is 3.14. The van der Waals surface area contributed by atoms with Gasteiger partial charge in [0.2, 0.25) is 11.9 Å². The van der Waals surface area contributed by atoms with Crippen molar-refractivity contribution < 1.29 is 23.9 Å². The maximum absolute atomic E-state index is 13.4. The first kappa shape index (κ1) is 28.6. The number of carbonyl (C=O) groups is 3. The topological polar surface area (TPSA) is 106 Å². The van der Waals surface area contributed by atoms with E-state index >= 15 is 0 Å². The van der Waals surface area contributed by atoms with Crippen LogP contribution in [0.3, 0.4) is 0 Å². The smallest absolute Gasteiger partial charge is 0.258 e. The normalized spacial score (nSPS) is 15.4. The molecule has 2 aliphatic heterocycles. The van der Waals surface area contributed by atoms with Crippen LogP contribution in [-0.4, -0.2) is 71.8 Å². The molecule has 3 amide bonds. The van der Waals surface area contributed by atoms with Gasteiger partial charge in [-0.25, -0.2) is 4.98 Å². The quantitative estimate of drug-likeness (QED) is 0.296. The van der Waals surface area contributed by atoms with Crippen molar-refractivity contribution in [2.24, 2.45) is 0 Å². The number of aryl methyl sites for hydroxylation is 1. The molecule has 0 unspecified atom stereocenters. The van der Waals surface area contributed by atoms with Crippen molar-refractivity contribution in [1.82, 2.24) is 14.5 Å². The second-order valence-corrected chi connectivity index (χ2v) is 10.9. The molecule has 3 heterocycles. The van der Waals surface area contributed by atoms with Gasteiger partial charge in [-0.2, -0.15) is 0 Å². The fourth-order valence-corrected chi connectivity index (χ4v) is 5.63. The first-order chi connectivity index (χ1) is 21.0. The number of nitrogens with one attached hydrogen (secondary N) is 1. The van der Waals surface area contributed by atoms with Gasteiger partial charge in [-0.3, -0.25) is 19.7 Å². The number of rotatable bonds is 10. The highest BCUT2D eigenvalue weighted by Gasteiger charge is 2.22. The van der Waals surface area contributed by atoms with E-state index in [-0.39, 0.29) is 24.0 Å². The van der Waals surface area contributed by atoms with Crippen LogP contribution in [0.1, 0.15) is 45.5 Å². The third-order valence-electron chi connectivity index (χ3n) is 7.93. The third-order valence-corrected chi connectivity index (χ3v) is 7.93. The minimum absolute atomic E-state index is 0.128. The van der Waals surface area contributed by atoms with Crippen LogP contribution in [0.15, 0.2) is 72.8 Å². The Morgan fingerprint density at radius 1 is 0.977 bits per heavy atom. The molecule has 2 fully saturated rings. The lowest BCUT2D eigenvalue weighted by molar-refractivity contribution is -0.127. The molecular formula is C33H35N5O5. The number of imidazole rings is 1. The van der Waals surface area contributed by atoms with E-state index in [1.807, 2.05) is 64.1 Å². The van der Waals surface area contributed by atoms with Crippen molar-refractivity contribution >= 4 is 40.4 Å². The molecular weight excluding hydrogens is 546 g/mol. The van der Waals surface area contributed by atoms with Gasteiger partial charge in [-0.05, 0) is 60.9 Å². The van der Waals surface area contributed by atoms with Crippen LogP contribution in [0, 0.1) is 0 Å². The summed E-state index contributed by atoms with van der Waals surface area (Å²) in [6, 6.07) is 22.2. The Morgan fingerprint density at radius 3 is 2.53 bits per heavy atom. The number of ether oxygens (including phenoxy) is 2. The zero-order chi connectivity index (χ0) is 29.8. The van der Waals surface area contributed by atoms with E-state index < -0.39 is 0 Å². The number of hydrogen-bond donors (Lipinski definition) is 1. The lowest BCUT2D eigenvalue weighted by Gasteiger charge is -2.18. The van der Waals surface area contributed by atoms with Crippen LogP contribution in [0.4, 0.5) is 11.6 Å². The molecule has 0 aliphatic carbocycles. The monoisotopic (exact) mass is 581 g/mol. The molecule has 4 aromatic rings. The summed E-state index contributed by atoms with van der Waals surface area (Å²) in [5.74, 6) is 0.192.